The molecular weight excluding hydrogens is 228 g/mol. The zero-order valence-corrected chi connectivity index (χ0v) is 11.8. The average Bonchev–Trinajstić information content (AvgIpc) is 2.52. The molecule has 0 saturated carbocycles. The van der Waals surface area contributed by atoms with Crippen LogP contribution in [0, 0.1) is 5.92 Å². The third-order valence-corrected chi connectivity index (χ3v) is 4.07. The number of rotatable bonds is 6. The second kappa shape index (κ2) is 7.10. The van der Waals surface area contributed by atoms with Gasteiger partial charge in [-0.1, -0.05) is 19.8 Å². The van der Waals surface area contributed by atoms with Crippen LogP contribution < -0.4 is 5.73 Å². The van der Waals surface area contributed by atoms with Crippen LogP contribution in [0.25, 0.3) is 0 Å². The fourth-order valence-corrected chi connectivity index (χ4v) is 2.64. The summed E-state index contributed by atoms with van der Waals surface area (Å²) in [4.78, 5) is 13.3. The molecule has 0 aromatic rings. The topological polar surface area (TPSA) is 66.6 Å². The van der Waals surface area contributed by atoms with Gasteiger partial charge in [-0.2, -0.15) is 0 Å². The molecule has 0 spiro atoms. The highest BCUT2D eigenvalue weighted by molar-refractivity contribution is 5.77. The quantitative estimate of drug-likeness (QED) is 0.763. The first-order valence-electron chi connectivity index (χ1n) is 7.20. The summed E-state index contributed by atoms with van der Waals surface area (Å²) in [6.45, 7) is 6.84. The van der Waals surface area contributed by atoms with Crippen LogP contribution in [-0.2, 0) is 4.79 Å². The average molecular weight is 256 g/mol. The van der Waals surface area contributed by atoms with Crippen LogP contribution in [0.1, 0.15) is 52.4 Å². The van der Waals surface area contributed by atoms with Crippen molar-refractivity contribution in [3.05, 3.63) is 0 Å². The number of likely N-dealkylation sites (tertiary alicyclic amines) is 1. The fourth-order valence-electron chi connectivity index (χ4n) is 2.64. The summed E-state index contributed by atoms with van der Waals surface area (Å²) in [5.74, 6) is -0.0371. The maximum absolute atomic E-state index is 11.0. The van der Waals surface area contributed by atoms with Crippen LogP contribution in [-0.4, -0.2) is 41.1 Å². The molecule has 4 heteroatoms. The monoisotopic (exact) mass is 256 g/mol. The Bertz CT molecular complexity index is 267. The van der Waals surface area contributed by atoms with Crippen molar-refractivity contribution in [3.8, 4) is 0 Å². The molecule has 1 aliphatic heterocycles. The Kier molecular flexibility index (Phi) is 6.09. The molecule has 1 rings (SSSR count). The summed E-state index contributed by atoms with van der Waals surface area (Å²) < 4.78 is 0. The lowest BCUT2D eigenvalue weighted by Crippen LogP contribution is -2.47. The highest BCUT2D eigenvalue weighted by Gasteiger charge is 2.28. The molecule has 4 nitrogen and oxygen atoms in total. The zero-order valence-electron chi connectivity index (χ0n) is 11.8. The van der Waals surface area contributed by atoms with Crippen LogP contribution in [0.4, 0.5) is 0 Å². The van der Waals surface area contributed by atoms with E-state index < -0.39 is 11.5 Å². The van der Waals surface area contributed by atoms with Gasteiger partial charge in [0.15, 0.2) is 0 Å². The smallest absolute Gasteiger partial charge is 0.323 e. The van der Waals surface area contributed by atoms with E-state index in [1.807, 2.05) is 0 Å². The number of carboxylic acid groups (broad SMARTS) is 1. The first kappa shape index (κ1) is 15.4. The molecule has 1 heterocycles. The zero-order chi connectivity index (χ0) is 13.6. The van der Waals surface area contributed by atoms with Gasteiger partial charge < -0.3 is 15.7 Å². The fraction of sp³-hybridized carbons (Fsp3) is 0.929. The van der Waals surface area contributed by atoms with Crippen LogP contribution in [0.5, 0.6) is 0 Å². The minimum absolute atomic E-state index is 0.529. The van der Waals surface area contributed by atoms with Gasteiger partial charge in [0.25, 0.3) is 0 Å². The first-order valence-corrected chi connectivity index (χ1v) is 7.20. The Labute approximate surface area is 111 Å². The Morgan fingerprint density at radius 2 is 2.17 bits per heavy atom. The Morgan fingerprint density at radius 1 is 1.44 bits per heavy atom. The molecule has 2 atom stereocenters. The Hall–Kier alpha value is -0.610. The second-order valence-corrected chi connectivity index (χ2v) is 5.90. The molecule has 0 amide bonds. The third kappa shape index (κ3) is 4.94. The van der Waals surface area contributed by atoms with Crippen molar-refractivity contribution in [2.45, 2.75) is 57.9 Å². The van der Waals surface area contributed by atoms with Crippen LogP contribution in [0.3, 0.4) is 0 Å². The predicted octanol–water partition coefficient (Wildman–Crippen LogP) is 2.08. The maximum Gasteiger partial charge on any atom is 0.323 e. The number of aliphatic carboxylic acids is 1. The highest BCUT2D eigenvalue weighted by atomic mass is 16.4. The van der Waals surface area contributed by atoms with Crippen LogP contribution in [0.15, 0.2) is 0 Å². The second-order valence-electron chi connectivity index (χ2n) is 5.90. The minimum Gasteiger partial charge on any atom is -0.480 e. The number of nitrogens with two attached hydrogens (primary N) is 1. The van der Waals surface area contributed by atoms with E-state index in [1.165, 1.54) is 32.1 Å². The predicted molar refractivity (Wildman–Crippen MR) is 73.5 cm³/mol. The molecule has 0 aromatic heterocycles. The molecule has 2 unspecified atom stereocenters. The van der Waals surface area contributed by atoms with Crippen molar-refractivity contribution in [1.29, 1.82) is 0 Å². The van der Waals surface area contributed by atoms with Gasteiger partial charge in [0.2, 0.25) is 0 Å². The van der Waals surface area contributed by atoms with Crippen LogP contribution >= 0.6 is 0 Å². The molecule has 1 saturated heterocycles. The summed E-state index contributed by atoms with van der Waals surface area (Å²) in [7, 11) is 0. The standard InChI is InChI=1S/C14H28N2O2/c1-3-5-12-6-4-9-16(10-7-12)11-8-14(2,15)13(17)18/h12H,3-11,15H2,1-2H3,(H,17,18). The molecule has 3 N–H and O–H groups in total. The molecule has 0 bridgehead atoms. The molecular formula is C14H28N2O2. The normalized spacial score (nSPS) is 25.4. The Morgan fingerprint density at radius 3 is 2.78 bits per heavy atom. The van der Waals surface area contributed by atoms with Crippen molar-refractivity contribution in [1.82, 2.24) is 4.90 Å². The Balaban J connectivity index is 2.33. The van der Waals surface area contributed by atoms with Gasteiger partial charge in [0, 0.05) is 6.54 Å². The number of carboxylic acids is 1. The number of hydrogen-bond donors (Lipinski definition) is 2. The van der Waals surface area contributed by atoms with E-state index in [-0.39, 0.29) is 0 Å². The third-order valence-electron chi connectivity index (χ3n) is 4.07. The summed E-state index contributed by atoms with van der Waals surface area (Å²) in [5, 5.41) is 8.99. The first-order chi connectivity index (χ1) is 8.45. The molecule has 0 aromatic carbocycles. The lowest BCUT2D eigenvalue weighted by molar-refractivity contribution is -0.143. The molecule has 1 aliphatic rings. The van der Waals surface area contributed by atoms with Gasteiger partial charge in [0.1, 0.15) is 5.54 Å². The summed E-state index contributed by atoms with van der Waals surface area (Å²) in [6, 6.07) is 0. The lowest BCUT2D eigenvalue weighted by atomic mass is 9.96. The summed E-state index contributed by atoms with van der Waals surface area (Å²) >= 11 is 0. The van der Waals surface area contributed by atoms with Crippen molar-refractivity contribution < 1.29 is 9.90 Å². The van der Waals surface area contributed by atoms with Gasteiger partial charge in [-0.25, -0.2) is 0 Å². The molecule has 0 aliphatic carbocycles. The van der Waals surface area contributed by atoms with E-state index in [2.05, 4.69) is 11.8 Å². The number of carbonyl (C=O) groups is 1. The molecule has 1 fully saturated rings. The summed E-state index contributed by atoms with van der Waals surface area (Å²) in [5.41, 5.74) is 4.68. The largest absolute Gasteiger partial charge is 0.480 e. The minimum atomic E-state index is -1.09. The summed E-state index contributed by atoms with van der Waals surface area (Å²) in [6.07, 6.45) is 6.94. The van der Waals surface area contributed by atoms with Gasteiger partial charge in [-0.3, -0.25) is 4.79 Å². The van der Waals surface area contributed by atoms with E-state index >= 15 is 0 Å². The van der Waals surface area contributed by atoms with Crippen LogP contribution in [0.2, 0.25) is 0 Å². The highest BCUT2D eigenvalue weighted by Crippen LogP contribution is 2.22. The molecule has 0 radical (unpaired) electrons. The van der Waals surface area contributed by atoms with Gasteiger partial charge in [-0.05, 0) is 51.6 Å². The van der Waals surface area contributed by atoms with E-state index in [0.717, 1.165) is 25.6 Å². The van der Waals surface area contributed by atoms with Gasteiger partial charge >= 0.3 is 5.97 Å². The van der Waals surface area contributed by atoms with Gasteiger partial charge in [0.05, 0.1) is 0 Å². The lowest BCUT2D eigenvalue weighted by Gasteiger charge is -2.25. The van der Waals surface area contributed by atoms with E-state index in [1.54, 1.807) is 6.92 Å². The van der Waals surface area contributed by atoms with E-state index in [4.69, 9.17) is 10.8 Å². The number of nitrogens with zero attached hydrogens (tertiary/aromatic N) is 1. The van der Waals surface area contributed by atoms with Crippen molar-refractivity contribution in [2.24, 2.45) is 11.7 Å². The van der Waals surface area contributed by atoms with Crippen molar-refractivity contribution in [3.63, 3.8) is 0 Å². The molecule has 18 heavy (non-hydrogen) atoms. The maximum atomic E-state index is 11.0. The number of hydrogen-bond acceptors (Lipinski definition) is 3. The SMILES string of the molecule is CCCC1CCCN(CCC(C)(N)C(=O)O)CC1. The van der Waals surface area contributed by atoms with Gasteiger partial charge in [-0.15, -0.1) is 0 Å². The van der Waals surface area contributed by atoms with Crippen molar-refractivity contribution in [2.75, 3.05) is 19.6 Å². The molecule has 106 valence electrons. The van der Waals surface area contributed by atoms with E-state index in [0.29, 0.717) is 6.42 Å². The van der Waals surface area contributed by atoms with Crippen molar-refractivity contribution >= 4 is 5.97 Å². The van der Waals surface area contributed by atoms with E-state index in [9.17, 15) is 4.79 Å².